The highest BCUT2D eigenvalue weighted by molar-refractivity contribution is 6.33. The van der Waals surface area contributed by atoms with E-state index in [-0.39, 0.29) is 23.5 Å². The summed E-state index contributed by atoms with van der Waals surface area (Å²) in [6.07, 6.45) is 4.13. The van der Waals surface area contributed by atoms with Crippen molar-refractivity contribution in [2.75, 3.05) is 32.6 Å². The maximum Gasteiger partial charge on any atom is 0.313 e. The zero-order valence-electron chi connectivity index (χ0n) is 20.1. The van der Waals surface area contributed by atoms with Gasteiger partial charge in [-0.1, -0.05) is 29.8 Å². The van der Waals surface area contributed by atoms with Crippen LogP contribution in [0.15, 0.2) is 48.8 Å². The summed E-state index contributed by atoms with van der Waals surface area (Å²) in [5.41, 5.74) is 2.61. The first kappa shape index (κ1) is 23.8. The SMILES string of the molecule is COc1cc(OC2CCN(C)C2)c([N+](=O)[O-])cc1Nc1ncc(Cl)c(-c2cn(C)c3ccccc23)n1. The molecule has 1 unspecified atom stereocenters. The van der Waals surface area contributed by atoms with Gasteiger partial charge in [0.15, 0.2) is 0 Å². The molecule has 1 N–H and O–H groups in total. The Morgan fingerprint density at radius 3 is 2.75 bits per heavy atom. The number of ether oxygens (including phenoxy) is 2. The first-order valence-corrected chi connectivity index (χ1v) is 11.8. The molecule has 0 aliphatic carbocycles. The van der Waals surface area contributed by atoms with Crippen LogP contribution in [0.3, 0.4) is 0 Å². The zero-order chi connectivity index (χ0) is 25.4. The van der Waals surface area contributed by atoms with Crippen molar-refractivity contribution in [1.82, 2.24) is 19.4 Å². The number of rotatable bonds is 7. The minimum atomic E-state index is -0.469. The molecule has 1 fully saturated rings. The Bertz CT molecular complexity index is 1460. The molecule has 0 spiro atoms. The number of nitrogens with one attached hydrogen (secondary N) is 1. The molecule has 0 saturated carbocycles. The molecule has 186 valence electrons. The molecular weight excluding hydrogens is 484 g/mol. The van der Waals surface area contributed by atoms with Gasteiger partial charge in [-0.25, -0.2) is 9.97 Å². The number of anilines is 2. The van der Waals surface area contributed by atoms with Crippen molar-refractivity contribution in [2.24, 2.45) is 7.05 Å². The predicted octanol–water partition coefficient (Wildman–Crippen LogP) is 5.03. The third-order valence-corrected chi connectivity index (χ3v) is 6.54. The summed E-state index contributed by atoms with van der Waals surface area (Å²) in [6.45, 7) is 1.58. The minimum Gasteiger partial charge on any atom is -0.494 e. The Morgan fingerprint density at radius 2 is 2.03 bits per heavy atom. The number of halogens is 1. The number of nitro benzene ring substituents is 1. The van der Waals surface area contributed by atoms with Gasteiger partial charge in [-0.2, -0.15) is 0 Å². The molecule has 36 heavy (non-hydrogen) atoms. The summed E-state index contributed by atoms with van der Waals surface area (Å²) in [5, 5.41) is 16.3. The molecule has 2 aromatic carbocycles. The quantitative estimate of drug-likeness (QED) is 0.273. The lowest BCUT2D eigenvalue weighted by Crippen LogP contribution is -2.21. The number of methoxy groups -OCH3 is 1. The van der Waals surface area contributed by atoms with Gasteiger partial charge in [-0.15, -0.1) is 0 Å². The summed E-state index contributed by atoms with van der Waals surface area (Å²) in [4.78, 5) is 22.4. The van der Waals surface area contributed by atoms with Crippen molar-refractivity contribution in [3.8, 4) is 22.8 Å². The fraction of sp³-hybridized carbons (Fsp3) is 0.280. The zero-order valence-corrected chi connectivity index (χ0v) is 20.8. The van der Waals surface area contributed by atoms with E-state index in [1.54, 1.807) is 0 Å². The van der Waals surface area contributed by atoms with Crippen LogP contribution in [-0.2, 0) is 7.05 Å². The Labute approximate surface area is 212 Å². The normalized spacial score (nSPS) is 15.8. The fourth-order valence-corrected chi connectivity index (χ4v) is 4.68. The van der Waals surface area contributed by atoms with Gasteiger partial charge in [0.2, 0.25) is 11.7 Å². The fourth-order valence-electron chi connectivity index (χ4n) is 4.49. The molecule has 1 atom stereocenters. The minimum absolute atomic E-state index is 0.125. The van der Waals surface area contributed by atoms with Crippen LogP contribution in [0.5, 0.6) is 11.5 Å². The molecule has 11 heteroatoms. The number of likely N-dealkylation sites (N-methyl/N-ethyl adjacent to an activating group) is 1. The lowest BCUT2D eigenvalue weighted by atomic mass is 10.1. The van der Waals surface area contributed by atoms with Gasteiger partial charge >= 0.3 is 5.69 Å². The highest BCUT2D eigenvalue weighted by atomic mass is 35.5. The monoisotopic (exact) mass is 508 g/mol. The maximum absolute atomic E-state index is 11.9. The molecule has 1 saturated heterocycles. The van der Waals surface area contributed by atoms with Crippen LogP contribution in [0.4, 0.5) is 17.3 Å². The average molecular weight is 509 g/mol. The summed E-state index contributed by atoms with van der Waals surface area (Å²) in [7, 11) is 5.44. The molecular formula is C25H25ClN6O4. The van der Waals surface area contributed by atoms with Gasteiger partial charge in [0.05, 0.1) is 34.6 Å². The Morgan fingerprint density at radius 1 is 1.22 bits per heavy atom. The first-order chi connectivity index (χ1) is 17.3. The van der Waals surface area contributed by atoms with E-state index in [1.807, 2.05) is 49.1 Å². The van der Waals surface area contributed by atoms with Gasteiger partial charge in [-0.05, 0) is 19.5 Å². The summed E-state index contributed by atoms with van der Waals surface area (Å²) in [5.74, 6) is 0.754. The first-order valence-electron chi connectivity index (χ1n) is 11.4. The number of para-hydroxylation sites is 1. The van der Waals surface area contributed by atoms with E-state index >= 15 is 0 Å². The van der Waals surface area contributed by atoms with E-state index in [1.165, 1.54) is 25.4 Å². The second-order valence-corrected chi connectivity index (χ2v) is 9.16. The second kappa shape index (κ2) is 9.63. The summed E-state index contributed by atoms with van der Waals surface area (Å²) in [6, 6.07) is 10.9. The highest BCUT2D eigenvalue weighted by Crippen LogP contribution is 2.40. The number of aromatic nitrogens is 3. The van der Waals surface area contributed by atoms with Gasteiger partial charge < -0.3 is 24.3 Å². The number of fused-ring (bicyclic) bond motifs is 1. The van der Waals surface area contributed by atoms with Gasteiger partial charge in [0, 0.05) is 54.9 Å². The van der Waals surface area contributed by atoms with Crippen molar-refractivity contribution < 1.29 is 14.4 Å². The van der Waals surface area contributed by atoms with Crippen molar-refractivity contribution in [3.63, 3.8) is 0 Å². The van der Waals surface area contributed by atoms with E-state index in [4.69, 9.17) is 21.1 Å². The number of aryl methyl sites for hydroxylation is 1. The van der Waals surface area contributed by atoms with E-state index in [9.17, 15) is 10.1 Å². The Hall–Kier alpha value is -3.89. The van der Waals surface area contributed by atoms with Crippen LogP contribution in [0.25, 0.3) is 22.2 Å². The number of benzene rings is 2. The van der Waals surface area contributed by atoms with Gasteiger partial charge in [0.25, 0.3) is 0 Å². The molecule has 0 radical (unpaired) electrons. The molecule has 0 amide bonds. The van der Waals surface area contributed by atoms with Crippen LogP contribution >= 0.6 is 11.6 Å². The Balaban J connectivity index is 1.51. The molecule has 1 aliphatic rings. The smallest absolute Gasteiger partial charge is 0.313 e. The predicted molar refractivity (Wildman–Crippen MR) is 138 cm³/mol. The lowest BCUT2D eigenvalue weighted by molar-refractivity contribution is -0.386. The lowest BCUT2D eigenvalue weighted by Gasteiger charge is -2.17. The van der Waals surface area contributed by atoms with Crippen molar-refractivity contribution >= 4 is 39.8 Å². The van der Waals surface area contributed by atoms with Crippen molar-refractivity contribution in [1.29, 1.82) is 0 Å². The van der Waals surface area contributed by atoms with Crippen LogP contribution < -0.4 is 14.8 Å². The van der Waals surface area contributed by atoms with E-state index in [2.05, 4.69) is 20.2 Å². The number of nitrogens with zero attached hydrogens (tertiary/aromatic N) is 5. The van der Waals surface area contributed by atoms with Crippen molar-refractivity contribution in [3.05, 3.63) is 63.9 Å². The third-order valence-electron chi connectivity index (χ3n) is 6.26. The van der Waals surface area contributed by atoms with Crippen LogP contribution in [0, 0.1) is 10.1 Å². The van der Waals surface area contributed by atoms with Gasteiger partial charge in [-0.3, -0.25) is 10.1 Å². The molecule has 3 heterocycles. The summed E-state index contributed by atoms with van der Waals surface area (Å²) >= 11 is 6.48. The molecule has 0 bridgehead atoms. The van der Waals surface area contributed by atoms with Crippen LogP contribution in [0.1, 0.15) is 6.42 Å². The largest absolute Gasteiger partial charge is 0.494 e. The molecule has 5 rings (SSSR count). The van der Waals surface area contributed by atoms with Gasteiger partial charge in [0.1, 0.15) is 11.9 Å². The van der Waals surface area contributed by atoms with E-state index < -0.39 is 4.92 Å². The summed E-state index contributed by atoms with van der Waals surface area (Å²) < 4.78 is 13.5. The third kappa shape index (κ3) is 4.52. The number of hydrogen-bond donors (Lipinski definition) is 1. The highest BCUT2D eigenvalue weighted by Gasteiger charge is 2.27. The average Bonchev–Trinajstić information content (AvgIpc) is 3.43. The molecule has 2 aromatic heterocycles. The topological polar surface area (TPSA) is 108 Å². The van der Waals surface area contributed by atoms with Crippen molar-refractivity contribution in [2.45, 2.75) is 12.5 Å². The molecule has 4 aromatic rings. The van der Waals surface area contributed by atoms with E-state index in [0.717, 1.165) is 29.4 Å². The maximum atomic E-state index is 11.9. The van der Waals surface area contributed by atoms with Crippen LogP contribution in [0.2, 0.25) is 5.02 Å². The molecule has 10 nitrogen and oxygen atoms in total. The Kier molecular flexibility index (Phi) is 6.38. The molecule has 1 aliphatic heterocycles. The van der Waals surface area contributed by atoms with Crippen LogP contribution in [-0.4, -0.2) is 57.7 Å². The number of likely N-dealkylation sites (tertiary alicyclic amines) is 1. The van der Waals surface area contributed by atoms with E-state index in [0.29, 0.717) is 28.7 Å². The number of hydrogen-bond acceptors (Lipinski definition) is 8. The second-order valence-electron chi connectivity index (χ2n) is 8.75. The standard InChI is InChI=1S/C25H25ClN6O4/c1-30-9-8-15(13-30)36-23-11-22(35-3)19(10-21(23)32(33)34)28-25-27-12-18(26)24(29-25)17-14-31(2)20-7-5-4-6-16(17)20/h4-7,10-12,14-15H,8-9,13H2,1-3H3,(H,27,28,29). The number of nitro groups is 1.